The minimum Gasteiger partial charge on any atom is -0.345 e. The van der Waals surface area contributed by atoms with Crippen LogP contribution < -0.4 is 5.32 Å². The van der Waals surface area contributed by atoms with E-state index in [-0.39, 0.29) is 16.3 Å². The van der Waals surface area contributed by atoms with Crippen LogP contribution in [0.2, 0.25) is 0 Å². The molecule has 1 atom stereocenters. The highest BCUT2D eigenvalue weighted by Gasteiger charge is 2.40. The zero-order chi connectivity index (χ0) is 26.7. The van der Waals surface area contributed by atoms with Gasteiger partial charge in [0.15, 0.2) is 5.69 Å². The first-order valence-corrected chi connectivity index (χ1v) is 11.9. The van der Waals surface area contributed by atoms with Crippen LogP contribution >= 0.6 is 11.3 Å². The van der Waals surface area contributed by atoms with E-state index in [1.165, 1.54) is 25.3 Å². The van der Waals surface area contributed by atoms with E-state index in [1.54, 1.807) is 12.1 Å². The normalized spacial score (nSPS) is 13.2. The SMILES string of the molecule is CCN(CC)Cc1cccnc1-c1nc(C(F)(F)F)c(C(=O)NC(C)c2cccc(C(F)(F)F)c2)s1. The minimum atomic E-state index is -4.92. The van der Waals surface area contributed by atoms with Gasteiger partial charge in [-0.3, -0.25) is 14.7 Å². The molecule has 2 heterocycles. The van der Waals surface area contributed by atoms with Crippen molar-refractivity contribution in [3.63, 3.8) is 0 Å². The lowest BCUT2D eigenvalue weighted by Crippen LogP contribution is -2.28. The van der Waals surface area contributed by atoms with E-state index in [4.69, 9.17) is 0 Å². The van der Waals surface area contributed by atoms with Crippen molar-refractivity contribution in [2.24, 2.45) is 0 Å². The van der Waals surface area contributed by atoms with E-state index in [0.717, 1.165) is 25.2 Å². The second kappa shape index (κ2) is 11.0. The van der Waals surface area contributed by atoms with Crippen LogP contribution in [-0.2, 0) is 18.9 Å². The van der Waals surface area contributed by atoms with E-state index >= 15 is 0 Å². The zero-order valence-electron chi connectivity index (χ0n) is 19.7. The molecule has 3 aromatic rings. The van der Waals surface area contributed by atoms with E-state index in [2.05, 4.69) is 20.2 Å². The molecule has 0 aliphatic carbocycles. The summed E-state index contributed by atoms with van der Waals surface area (Å²) < 4.78 is 80.5. The number of carbonyl (C=O) groups excluding carboxylic acids is 1. The van der Waals surface area contributed by atoms with Crippen LogP contribution in [-0.4, -0.2) is 33.9 Å². The average Bonchev–Trinajstić information content (AvgIpc) is 3.28. The number of nitrogens with one attached hydrogen (secondary N) is 1. The fourth-order valence-corrected chi connectivity index (χ4v) is 4.56. The minimum absolute atomic E-state index is 0.0676. The third-order valence-corrected chi connectivity index (χ3v) is 6.61. The van der Waals surface area contributed by atoms with Gasteiger partial charge in [0.25, 0.3) is 5.91 Å². The van der Waals surface area contributed by atoms with Gasteiger partial charge >= 0.3 is 12.4 Å². The highest BCUT2D eigenvalue weighted by molar-refractivity contribution is 7.17. The van der Waals surface area contributed by atoms with Gasteiger partial charge in [-0.1, -0.05) is 32.0 Å². The van der Waals surface area contributed by atoms with Gasteiger partial charge in [0, 0.05) is 12.7 Å². The highest BCUT2D eigenvalue weighted by Crippen LogP contribution is 2.38. The van der Waals surface area contributed by atoms with Crippen molar-refractivity contribution >= 4 is 17.2 Å². The molecule has 0 bridgehead atoms. The van der Waals surface area contributed by atoms with Gasteiger partial charge in [-0.05, 0) is 49.3 Å². The number of nitrogens with zero attached hydrogens (tertiary/aromatic N) is 3. The predicted octanol–water partition coefficient (Wildman–Crippen LogP) is 6.58. The second-order valence-electron chi connectivity index (χ2n) is 7.99. The number of hydrogen-bond donors (Lipinski definition) is 1. The lowest BCUT2D eigenvalue weighted by atomic mass is 10.0. The summed E-state index contributed by atoms with van der Waals surface area (Å²) in [5.74, 6) is -1.09. The van der Waals surface area contributed by atoms with Gasteiger partial charge in [0.05, 0.1) is 11.6 Å². The Morgan fingerprint density at radius 2 is 1.75 bits per heavy atom. The van der Waals surface area contributed by atoms with Gasteiger partial charge in [-0.2, -0.15) is 26.3 Å². The molecule has 0 aliphatic rings. The van der Waals surface area contributed by atoms with Crippen LogP contribution in [0.5, 0.6) is 0 Å². The standard InChI is InChI=1S/C24H24F6N4OS/c1-4-34(5-2)13-16-9-7-11-31-18(16)22-33-20(24(28,29)30)19(36-22)21(35)32-14(3)15-8-6-10-17(12-15)23(25,26)27/h6-12,14H,4-5,13H2,1-3H3,(H,32,35). The summed E-state index contributed by atoms with van der Waals surface area (Å²) in [4.78, 5) is 22.2. The fourth-order valence-electron chi connectivity index (χ4n) is 3.54. The predicted molar refractivity (Wildman–Crippen MR) is 124 cm³/mol. The molecule has 1 amide bonds. The maximum absolute atomic E-state index is 13.8. The number of alkyl halides is 6. The first-order chi connectivity index (χ1) is 16.8. The Hall–Kier alpha value is -2.99. The number of benzene rings is 1. The zero-order valence-corrected chi connectivity index (χ0v) is 20.5. The monoisotopic (exact) mass is 530 g/mol. The van der Waals surface area contributed by atoms with Crippen molar-refractivity contribution in [3.05, 3.63) is 69.9 Å². The van der Waals surface area contributed by atoms with Crippen molar-refractivity contribution in [2.75, 3.05) is 13.1 Å². The molecular weight excluding hydrogens is 506 g/mol. The molecule has 36 heavy (non-hydrogen) atoms. The smallest absolute Gasteiger partial charge is 0.345 e. The molecule has 0 spiro atoms. The van der Waals surface area contributed by atoms with Gasteiger partial charge < -0.3 is 5.32 Å². The maximum Gasteiger partial charge on any atom is 0.435 e. The number of amides is 1. The largest absolute Gasteiger partial charge is 0.435 e. The van der Waals surface area contributed by atoms with Crippen LogP contribution in [0.3, 0.4) is 0 Å². The van der Waals surface area contributed by atoms with Gasteiger partial charge in [0.2, 0.25) is 0 Å². The van der Waals surface area contributed by atoms with E-state index in [1.807, 2.05) is 13.8 Å². The Morgan fingerprint density at radius 1 is 1.06 bits per heavy atom. The van der Waals surface area contributed by atoms with Crippen molar-refractivity contribution < 1.29 is 31.1 Å². The van der Waals surface area contributed by atoms with Crippen LogP contribution in [0.4, 0.5) is 26.3 Å². The van der Waals surface area contributed by atoms with Crippen molar-refractivity contribution in [1.82, 2.24) is 20.2 Å². The quantitative estimate of drug-likeness (QED) is 0.335. The summed E-state index contributed by atoms with van der Waals surface area (Å²) in [7, 11) is 0. The number of halogens is 6. The summed E-state index contributed by atoms with van der Waals surface area (Å²) in [5, 5.41) is 2.30. The lowest BCUT2D eigenvalue weighted by Gasteiger charge is -2.19. The summed E-state index contributed by atoms with van der Waals surface area (Å²) in [6.45, 7) is 7.18. The molecular formula is C24H24F6N4OS. The highest BCUT2D eigenvalue weighted by atomic mass is 32.1. The van der Waals surface area contributed by atoms with E-state index < -0.39 is 40.4 Å². The number of thiazole rings is 1. The maximum atomic E-state index is 13.8. The number of carbonyl (C=O) groups is 1. The summed E-state index contributed by atoms with van der Waals surface area (Å²) >= 11 is 0.544. The molecule has 0 radical (unpaired) electrons. The topological polar surface area (TPSA) is 58.1 Å². The Kier molecular flexibility index (Phi) is 8.40. The molecule has 3 rings (SSSR count). The molecule has 0 saturated heterocycles. The second-order valence-corrected chi connectivity index (χ2v) is 8.98. The van der Waals surface area contributed by atoms with Crippen LogP contribution in [0.1, 0.15) is 58.9 Å². The lowest BCUT2D eigenvalue weighted by molar-refractivity contribution is -0.141. The molecule has 1 unspecified atom stereocenters. The first-order valence-electron chi connectivity index (χ1n) is 11.1. The first kappa shape index (κ1) is 27.6. The molecule has 2 aromatic heterocycles. The molecule has 1 N–H and O–H groups in total. The number of rotatable bonds is 8. The van der Waals surface area contributed by atoms with Crippen LogP contribution in [0, 0.1) is 0 Å². The van der Waals surface area contributed by atoms with Gasteiger partial charge in [-0.15, -0.1) is 11.3 Å². The Labute approximate surface area is 208 Å². The van der Waals surface area contributed by atoms with Gasteiger partial charge in [-0.25, -0.2) is 4.98 Å². The van der Waals surface area contributed by atoms with Crippen molar-refractivity contribution in [1.29, 1.82) is 0 Å². The fraction of sp³-hybridized carbons (Fsp3) is 0.375. The summed E-state index contributed by atoms with van der Waals surface area (Å²) in [6.07, 6.45) is -8.08. The molecule has 0 aliphatic heterocycles. The summed E-state index contributed by atoms with van der Waals surface area (Å²) in [5.41, 5.74) is -1.29. The molecule has 0 saturated carbocycles. The molecule has 194 valence electrons. The Morgan fingerprint density at radius 3 is 2.36 bits per heavy atom. The molecule has 1 aromatic carbocycles. The third-order valence-electron chi connectivity index (χ3n) is 5.55. The van der Waals surface area contributed by atoms with Crippen LogP contribution in [0.25, 0.3) is 10.7 Å². The third kappa shape index (κ3) is 6.41. The Bertz CT molecular complexity index is 1200. The van der Waals surface area contributed by atoms with Crippen molar-refractivity contribution in [3.8, 4) is 10.7 Å². The van der Waals surface area contributed by atoms with E-state index in [9.17, 15) is 31.1 Å². The molecule has 5 nitrogen and oxygen atoms in total. The molecule has 12 heteroatoms. The van der Waals surface area contributed by atoms with Gasteiger partial charge in [0.1, 0.15) is 15.6 Å². The Balaban J connectivity index is 1.95. The van der Waals surface area contributed by atoms with E-state index in [0.29, 0.717) is 23.4 Å². The van der Waals surface area contributed by atoms with Crippen molar-refractivity contribution in [2.45, 2.75) is 45.7 Å². The summed E-state index contributed by atoms with van der Waals surface area (Å²) in [6, 6.07) is 6.68. The number of aromatic nitrogens is 2. The van der Waals surface area contributed by atoms with Crippen LogP contribution in [0.15, 0.2) is 42.6 Å². The number of pyridine rings is 1. The number of hydrogen-bond acceptors (Lipinski definition) is 5. The average molecular weight is 531 g/mol. The molecule has 0 fully saturated rings.